The number of nitrogens with two attached hydrogens (primary N) is 1. The summed E-state index contributed by atoms with van der Waals surface area (Å²) in [6.07, 6.45) is 3.51. The molecule has 112 valence electrons. The predicted molar refractivity (Wildman–Crippen MR) is 90.2 cm³/mol. The third-order valence-electron chi connectivity index (χ3n) is 3.67. The van der Waals surface area contributed by atoms with E-state index in [1.165, 1.54) is 0 Å². The van der Waals surface area contributed by atoms with Crippen molar-refractivity contribution in [3.05, 3.63) is 60.4 Å². The molecule has 4 aromatic rings. The van der Waals surface area contributed by atoms with Crippen LogP contribution in [0, 0.1) is 0 Å². The summed E-state index contributed by atoms with van der Waals surface area (Å²) < 4.78 is 0. The maximum Gasteiger partial charge on any atom is 0.257 e. The Morgan fingerprint density at radius 2 is 2.04 bits per heavy atom. The number of nitrogen functional groups attached to an aromatic ring is 1. The highest BCUT2D eigenvalue weighted by molar-refractivity contribution is 6.12. The Hall–Kier alpha value is -3.41. The molecule has 0 saturated carbocycles. The second kappa shape index (κ2) is 5.10. The lowest BCUT2D eigenvalue weighted by Gasteiger charge is -2.07. The zero-order valence-corrected chi connectivity index (χ0v) is 12.1. The minimum absolute atomic E-state index is 0.226. The van der Waals surface area contributed by atoms with Gasteiger partial charge in [-0.05, 0) is 35.7 Å². The van der Waals surface area contributed by atoms with Crippen molar-refractivity contribution in [1.29, 1.82) is 0 Å². The van der Waals surface area contributed by atoms with Gasteiger partial charge in [0.2, 0.25) is 0 Å². The average molecular weight is 303 g/mol. The Kier molecular flexibility index (Phi) is 2.94. The van der Waals surface area contributed by atoms with Crippen LogP contribution in [0.1, 0.15) is 10.4 Å². The number of anilines is 2. The highest BCUT2D eigenvalue weighted by atomic mass is 16.1. The molecule has 0 bridgehead atoms. The Morgan fingerprint density at radius 1 is 1.13 bits per heavy atom. The van der Waals surface area contributed by atoms with E-state index in [1.54, 1.807) is 24.5 Å². The second-order valence-electron chi connectivity index (χ2n) is 5.22. The molecule has 0 saturated heterocycles. The summed E-state index contributed by atoms with van der Waals surface area (Å²) in [4.78, 5) is 23.7. The third-order valence-corrected chi connectivity index (χ3v) is 3.67. The largest absolute Gasteiger partial charge is 0.369 e. The lowest BCUT2D eigenvalue weighted by molar-refractivity contribution is 0.102. The highest BCUT2D eigenvalue weighted by Crippen LogP contribution is 2.21. The monoisotopic (exact) mass is 303 g/mol. The molecule has 0 atom stereocenters. The van der Waals surface area contributed by atoms with Crippen molar-refractivity contribution in [2.75, 3.05) is 11.1 Å². The van der Waals surface area contributed by atoms with Gasteiger partial charge in [-0.15, -0.1) is 0 Å². The molecule has 0 aliphatic heterocycles. The van der Waals surface area contributed by atoms with Gasteiger partial charge in [-0.1, -0.05) is 12.1 Å². The van der Waals surface area contributed by atoms with Crippen molar-refractivity contribution in [2.24, 2.45) is 0 Å². The number of nitrogens with zero attached hydrogens (tertiary/aromatic N) is 2. The molecule has 2 aromatic heterocycles. The molecular weight excluding hydrogens is 290 g/mol. The number of hydrogen-bond acceptors (Lipinski definition) is 4. The van der Waals surface area contributed by atoms with Gasteiger partial charge in [-0.3, -0.25) is 9.78 Å². The summed E-state index contributed by atoms with van der Waals surface area (Å²) in [7, 11) is 0. The molecule has 6 nitrogen and oxygen atoms in total. The molecule has 2 heterocycles. The van der Waals surface area contributed by atoms with E-state index in [0.717, 1.165) is 16.3 Å². The van der Waals surface area contributed by atoms with Gasteiger partial charge in [0.05, 0.1) is 11.1 Å². The number of carbonyl (C=O) groups excluding carboxylic acids is 1. The number of pyridine rings is 1. The Labute approximate surface area is 131 Å². The predicted octanol–water partition coefficient (Wildman–Crippen LogP) is 2.95. The van der Waals surface area contributed by atoms with Crippen LogP contribution in [0.15, 0.2) is 54.9 Å². The number of fused-ring (bicyclic) bond motifs is 2. The van der Waals surface area contributed by atoms with Crippen molar-refractivity contribution in [3.63, 3.8) is 0 Å². The number of aromatic nitrogens is 3. The lowest BCUT2D eigenvalue weighted by Crippen LogP contribution is -2.12. The standard InChI is InChI=1S/C17H13N5O/c18-17-21-14-3-1-2-13(15(14)22-17)16(23)20-12-5-4-11-9-19-7-6-10(11)8-12/h1-9H,(H,20,23)(H3,18,21,22). The SMILES string of the molecule is Nc1nc2c(C(=O)Nc3ccc4cnccc4c3)cccc2[nH]1. The first-order valence-electron chi connectivity index (χ1n) is 7.10. The van der Waals surface area contributed by atoms with Crippen LogP contribution in [-0.4, -0.2) is 20.9 Å². The zero-order chi connectivity index (χ0) is 15.8. The summed E-state index contributed by atoms with van der Waals surface area (Å²) in [6.45, 7) is 0. The summed E-state index contributed by atoms with van der Waals surface area (Å²) in [5, 5.41) is 4.93. The van der Waals surface area contributed by atoms with E-state index in [9.17, 15) is 4.79 Å². The fourth-order valence-corrected chi connectivity index (χ4v) is 2.59. The quantitative estimate of drug-likeness (QED) is 0.530. The van der Waals surface area contributed by atoms with Crippen LogP contribution >= 0.6 is 0 Å². The van der Waals surface area contributed by atoms with Crippen LogP contribution in [0.5, 0.6) is 0 Å². The van der Waals surface area contributed by atoms with Crippen molar-refractivity contribution in [3.8, 4) is 0 Å². The van der Waals surface area contributed by atoms with Gasteiger partial charge in [-0.2, -0.15) is 0 Å². The van der Waals surface area contributed by atoms with E-state index in [4.69, 9.17) is 5.73 Å². The third kappa shape index (κ3) is 2.36. The first kappa shape index (κ1) is 13.3. The fourth-order valence-electron chi connectivity index (χ4n) is 2.59. The molecule has 4 N–H and O–H groups in total. The van der Waals surface area contributed by atoms with Crippen molar-refractivity contribution < 1.29 is 4.79 Å². The van der Waals surface area contributed by atoms with Crippen LogP contribution in [0.2, 0.25) is 0 Å². The average Bonchev–Trinajstić information content (AvgIpc) is 2.94. The van der Waals surface area contributed by atoms with Crippen molar-refractivity contribution in [2.45, 2.75) is 0 Å². The molecule has 0 unspecified atom stereocenters. The normalized spacial score (nSPS) is 11.0. The molecule has 23 heavy (non-hydrogen) atoms. The number of H-pyrrole nitrogens is 1. The summed E-state index contributed by atoms with van der Waals surface area (Å²) >= 11 is 0. The van der Waals surface area contributed by atoms with Gasteiger partial charge in [0.1, 0.15) is 5.52 Å². The van der Waals surface area contributed by atoms with Crippen LogP contribution in [-0.2, 0) is 0 Å². The van der Waals surface area contributed by atoms with Crippen molar-refractivity contribution in [1.82, 2.24) is 15.0 Å². The van der Waals surface area contributed by atoms with Gasteiger partial charge in [-0.25, -0.2) is 4.98 Å². The molecular formula is C17H13N5O. The van der Waals surface area contributed by atoms with E-state index in [1.807, 2.05) is 30.3 Å². The summed E-state index contributed by atoms with van der Waals surface area (Å²) in [6, 6.07) is 12.9. The molecule has 1 amide bonds. The van der Waals surface area contributed by atoms with E-state index in [2.05, 4.69) is 20.3 Å². The first-order chi connectivity index (χ1) is 11.2. The molecule has 0 radical (unpaired) electrons. The number of aromatic amines is 1. The molecule has 4 rings (SSSR count). The van der Waals surface area contributed by atoms with Gasteiger partial charge >= 0.3 is 0 Å². The van der Waals surface area contributed by atoms with E-state index in [-0.39, 0.29) is 5.91 Å². The number of hydrogen-bond donors (Lipinski definition) is 3. The highest BCUT2D eigenvalue weighted by Gasteiger charge is 2.13. The van der Waals surface area contributed by atoms with Crippen LogP contribution in [0.3, 0.4) is 0 Å². The summed E-state index contributed by atoms with van der Waals surface area (Å²) in [5.41, 5.74) is 8.16. The van der Waals surface area contributed by atoms with Crippen molar-refractivity contribution >= 4 is 39.3 Å². The molecule has 6 heteroatoms. The van der Waals surface area contributed by atoms with Crippen LogP contribution < -0.4 is 11.1 Å². The smallest absolute Gasteiger partial charge is 0.257 e. The van der Waals surface area contributed by atoms with Crippen LogP contribution in [0.4, 0.5) is 11.6 Å². The Bertz CT molecular complexity index is 1040. The first-order valence-corrected chi connectivity index (χ1v) is 7.10. The number of carbonyl (C=O) groups is 1. The van der Waals surface area contributed by atoms with Gasteiger partial charge in [0, 0.05) is 23.5 Å². The zero-order valence-electron chi connectivity index (χ0n) is 12.1. The number of benzene rings is 2. The topological polar surface area (TPSA) is 96.7 Å². The molecule has 2 aromatic carbocycles. The fraction of sp³-hybridized carbons (Fsp3) is 0. The number of rotatable bonds is 2. The molecule has 0 spiro atoms. The summed E-state index contributed by atoms with van der Waals surface area (Å²) in [5.74, 6) is 0.0639. The Balaban J connectivity index is 1.70. The Morgan fingerprint density at radius 3 is 2.96 bits per heavy atom. The van der Waals surface area contributed by atoms with Gasteiger partial charge < -0.3 is 16.0 Å². The molecule has 0 fully saturated rings. The van der Waals surface area contributed by atoms with Crippen LogP contribution in [0.25, 0.3) is 21.8 Å². The number of amides is 1. The lowest BCUT2D eigenvalue weighted by atomic mass is 10.1. The minimum atomic E-state index is -0.226. The molecule has 0 aliphatic carbocycles. The maximum absolute atomic E-state index is 12.6. The number of nitrogens with one attached hydrogen (secondary N) is 2. The van der Waals surface area contributed by atoms with E-state index < -0.39 is 0 Å². The number of imidazole rings is 1. The number of para-hydroxylation sites is 1. The molecule has 0 aliphatic rings. The maximum atomic E-state index is 12.6. The van der Waals surface area contributed by atoms with E-state index in [0.29, 0.717) is 22.7 Å². The van der Waals surface area contributed by atoms with E-state index >= 15 is 0 Å². The van der Waals surface area contributed by atoms with Gasteiger partial charge in [0.25, 0.3) is 5.91 Å². The second-order valence-corrected chi connectivity index (χ2v) is 5.22. The van der Waals surface area contributed by atoms with Gasteiger partial charge in [0.15, 0.2) is 5.95 Å². The minimum Gasteiger partial charge on any atom is -0.369 e.